The fourth-order valence-corrected chi connectivity index (χ4v) is 3.38. The number of hydrogen-bond donors (Lipinski definition) is 2. The number of aryl methyl sites for hydroxylation is 1. The molecule has 198 valence electrons. The van der Waals surface area contributed by atoms with Crippen LogP contribution in [0.2, 0.25) is 0 Å². The highest BCUT2D eigenvalue weighted by Crippen LogP contribution is 2.18. The molecule has 0 spiro atoms. The minimum absolute atomic E-state index is 0.244. The second kappa shape index (κ2) is 18.2. The van der Waals surface area contributed by atoms with Crippen LogP contribution in [0.4, 0.5) is 10.1 Å². The van der Waals surface area contributed by atoms with E-state index in [1.807, 2.05) is 31.1 Å². The zero-order valence-corrected chi connectivity index (χ0v) is 23.2. The fourth-order valence-electron chi connectivity index (χ4n) is 3.38. The Morgan fingerprint density at radius 3 is 2.42 bits per heavy atom. The fraction of sp³-hybridized carbons (Fsp3) is 0.483. The van der Waals surface area contributed by atoms with Crippen molar-refractivity contribution in [2.75, 3.05) is 33.7 Å². The van der Waals surface area contributed by atoms with Crippen molar-refractivity contribution in [3.05, 3.63) is 65.5 Å². The smallest absolute Gasteiger partial charge is 0.123 e. The SMILES string of the molecule is CC/C(CCNCC/C(C)=N/C(CC)=C(\NC/C=N/C=C\C=C(/C)F)N(C)C)=N\c1ccccc1C. The van der Waals surface area contributed by atoms with Crippen molar-refractivity contribution in [1.29, 1.82) is 0 Å². The van der Waals surface area contributed by atoms with Crippen molar-refractivity contribution < 1.29 is 4.39 Å². The van der Waals surface area contributed by atoms with Gasteiger partial charge < -0.3 is 15.5 Å². The van der Waals surface area contributed by atoms with Gasteiger partial charge in [0.05, 0.1) is 23.8 Å². The van der Waals surface area contributed by atoms with E-state index in [0.717, 1.165) is 61.7 Å². The van der Waals surface area contributed by atoms with Crippen molar-refractivity contribution in [2.45, 2.75) is 60.3 Å². The maximum atomic E-state index is 12.7. The van der Waals surface area contributed by atoms with Crippen molar-refractivity contribution in [3.63, 3.8) is 0 Å². The van der Waals surface area contributed by atoms with Crippen molar-refractivity contribution >= 4 is 23.3 Å². The van der Waals surface area contributed by atoms with Crippen LogP contribution < -0.4 is 10.6 Å². The third-order valence-corrected chi connectivity index (χ3v) is 5.40. The van der Waals surface area contributed by atoms with Crippen molar-refractivity contribution in [2.24, 2.45) is 15.0 Å². The summed E-state index contributed by atoms with van der Waals surface area (Å²) < 4.78 is 12.7. The Labute approximate surface area is 217 Å². The molecule has 1 aromatic rings. The summed E-state index contributed by atoms with van der Waals surface area (Å²) in [5.74, 6) is 0.728. The quantitative estimate of drug-likeness (QED) is 0.156. The van der Waals surface area contributed by atoms with Gasteiger partial charge in [0.15, 0.2) is 0 Å². The molecule has 2 N–H and O–H groups in total. The van der Waals surface area contributed by atoms with Crippen LogP contribution >= 0.6 is 0 Å². The number of para-hydroxylation sites is 1. The van der Waals surface area contributed by atoms with Crippen molar-refractivity contribution in [3.8, 4) is 0 Å². The third-order valence-electron chi connectivity index (χ3n) is 5.40. The average molecular weight is 497 g/mol. The molecule has 6 nitrogen and oxygen atoms in total. The first kappa shape index (κ1) is 31.0. The number of rotatable bonds is 16. The molecule has 0 aliphatic heterocycles. The van der Waals surface area contributed by atoms with Crippen LogP contribution in [0, 0.1) is 6.92 Å². The number of halogens is 1. The molecular formula is C29H45FN6. The first-order chi connectivity index (χ1) is 17.3. The Morgan fingerprint density at radius 1 is 1.06 bits per heavy atom. The second-order valence-electron chi connectivity index (χ2n) is 8.77. The van der Waals surface area contributed by atoms with E-state index in [0.29, 0.717) is 6.54 Å². The van der Waals surface area contributed by atoms with Gasteiger partial charge in [-0.2, -0.15) is 0 Å². The summed E-state index contributed by atoms with van der Waals surface area (Å²) in [6, 6.07) is 8.26. The number of nitrogens with zero attached hydrogens (tertiary/aromatic N) is 4. The van der Waals surface area contributed by atoms with Crippen LogP contribution in [0.5, 0.6) is 0 Å². The number of nitrogens with one attached hydrogen (secondary N) is 2. The van der Waals surface area contributed by atoms with E-state index in [2.05, 4.69) is 55.5 Å². The standard InChI is InChI=1S/C29H45FN6/c1-8-26(35-28-15-11-10-13-23(28)3)17-20-32-19-16-25(5)34-27(9-2)29(36(6)7)33-22-21-31-18-12-14-24(4)30/h10-15,18,21,32-33H,8-9,16-17,19-20,22H2,1-7H3/b18-12-,24-14+,29-27+,31-21+,34-25+,35-26+. The Morgan fingerprint density at radius 2 is 1.78 bits per heavy atom. The van der Waals surface area contributed by atoms with Gasteiger partial charge in [0.25, 0.3) is 0 Å². The molecule has 0 fully saturated rings. The number of hydrogen-bond acceptors (Lipinski definition) is 6. The zero-order valence-electron chi connectivity index (χ0n) is 23.2. The predicted molar refractivity (Wildman–Crippen MR) is 155 cm³/mol. The van der Waals surface area contributed by atoms with E-state index in [1.54, 1.807) is 18.5 Å². The maximum absolute atomic E-state index is 12.7. The maximum Gasteiger partial charge on any atom is 0.123 e. The lowest BCUT2D eigenvalue weighted by Gasteiger charge is -2.21. The summed E-state index contributed by atoms with van der Waals surface area (Å²) in [6.45, 7) is 12.2. The molecule has 1 aromatic carbocycles. The Hall–Kier alpha value is -3.06. The lowest BCUT2D eigenvalue weighted by atomic mass is 10.1. The molecule has 0 bridgehead atoms. The molecule has 0 saturated heterocycles. The van der Waals surface area contributed by atoms with E-state index >= 15 is 0 Å². The van der Waals surface area contributed by atoms with Gasteiger partial charge in [0, 0.05) is 51.0 Å². The Kier molecular flexibility index (Phi) is 15.7. The van der Waals surface area contributed by atoms with Gasteiger partial charge in [-0.05, 0) is 70.2 Å². The molecule has 7 heteroatoms. The highest BCUT2D eigenvalue weighted by atomic mass is 19.1. The summed E-state index contributed by atoms with van der Waals surface area (Å²) >= 11 is 0. The van der Waals surface area contributed by atoms with Gasteiger partial charge in [-0.25, -0.2) is 4.39 Å². The number of benzene rings is 1. The molecule has 0 aliphatic rings. The Bertz CT molecular complexity index is 966. The van der Waals surface area contributed by atoms with E-state index < -0.39 is 0 Å². The second-order valence-corrected chi connectivity index (χ2v) is 8.77. The van der Waals surface area contributed by atoms with Gasteiger partial charge in [-0.15, -0.1) is 0 Å². The summed E-state index contributed by atoms with van der Waals surface area (Å²) in [5.41, 5.74) is 5.59. The van der Waals surface area contributed by atoms with Crippen LogP contribution in [-0.2, 0) is 0 Å². The van der Waals surface area contributed by atoms with Gasteiger partial charge in [-0.3, -0.25) is 15.0 Å². The highest BCUT2D eigenvalue weighted by molar-refractivity contribution is 5.87. The molecule has 0 saturated carbocycles. The molecule has 0 radical (unpaired) electrons. The largest absolute Gasteiger partial charge is 0.365 e. The van der Waals surface area contributed by atoms with E-state index in [-0.39, 0.29) is 5.83 Å². The molecular weight excluding hydrogens is 451 g/mol. The van der Waals surface area contributed by atoms with Crippen LogP contribution in [0.1, 0.15) is 58.9 Å². The number of aliphatic imine (C=N–C) groups is 3. The summed E-state index contributed by atoms with van der Waals surface area (Å²) in [5, 5.41) is 6.93. The molecule has 0 amide bonds. The first-order valence-corrected chi connectivity index (χ1v) is 12.8. The van der Waals surface area contributed by atoms with Gasteiger partial charge in [-0.1, -0.05) is 32.0 Å². The van der Waals surface area contributed by atoms with Crippen LogP contribution in [0.15, 0.2) is 74.9 Å². The Balaban J connectivity index is 2.61. The topological polar surface area (TPSA) is 64.4 Å². The zero-order chi connectivity index (χ0) is 26.8. The van der Waals surface area contributed by atoms with E-state index in [9.17, 15) is 4.39 Å². The van der Waals surface area contributed by atoms with Crippen LogP contribution in [-0.4, -0.2) is 56.3 Å². The molecule has 0 heterocycles. The minimum Gasteiger partial charge on any atom is -0.365 e. The van der Waals surface area contributed by atoms with Crippen LogP contribution in [0.3, 0.4) is 0 Å². The molecule has 36 heavy (non-hydrogen) atoms. The minimum atomic E-state index is -0.244. The van der Waals surface area contributed by atoms with E-state index in [1.165, 1.54) is 24.3 Å². The van der Waals surface area contributed by atoms with E-state index in [4.69, 9.17) is 9.98 Å². The monoisotopic (exact) mass is 496 g/mol. The van der Waals surface area contributed by atoms with Gasteiger partial charge in [0.1, 0.15) is 5.82 Å². The van der Waals surface area contributed by atoms with Crippen LogP contribution in [0.25, 0.3) is 0 Å². The lowest BCUT2D eigenvalue weighted by Crippen LogP contribution is -2.28. The normalized spacial score (nSPS) is 14.1. The molecule has 0 aromatic heterocycles. The predicted octanol–water partition coefficient (Wildman–Crippen LogP) is 6.50. The summed E-state index contributed by atoms with van der Waals surface area (Å²) in [7, 11) is 4.00. The molecule has 0 atom stereocenters. The molecule has 0 unspecified atom stereocenters. The average Bonchev–Trinajstić information content (AvgIpc) is 2.84. The summed E-state index contributed by atoms with van der Waals surface area (Å²) in [6.07, 6.45) is 9.87. The molecule has 1 rings (SSSR count). The first-order valence-electron chi connectivity index (χ1n) is 12.8. The lowest BCUT2D eigenvalue weighted by molar-refractivity contribution is 0.460. The molecule has 0 aliphatic carbocycles. The van der Waals surface area contributed by atoms with Gasteiger partial charge in [0.2, 0.25) is 0 Å². The van der Waals surface area contributed by atoms with Gasteiger partial charge >= 0.3 is 0 Å². The third kappa shape index (κ3) is 13.1. The highest BCUT2D eigenvalue weighted by Gasteiger charge is 2.07. The summed E-state index contributed by atoms with van der Waals surface area (Å²) in [4.78, 5) is 15.9. The number of allylic oxidation sites excluding steroid dienone is 4. The van der Waals surface area contributed by atoms with Crippen molar-refractivity contribution in [1.82, 2.24) is 15.5 Å².